The van der Waals surface area contributed by atoms with Crippen LogP contribution in [0.5, 0.6) is 0 Å². The molecule has 1 N–H and O–H groups in total. The van der Waals surface area contributed by atoms with Gasteiger partial charge in [0.05, 0.1) is 17.2 Å². The van der Waals surface area contributed by atoms with Crippen LogP contribution in [0.15, 0.2) is 29.2 Å². The molecule has 0 bridgehead atoms. The van der Waals surface area contributed by atoms with E-state index < -0.39 is 0 Å². The van der Waals surface area contributed by atoms with Crippen molar-refractivity contribution in [3.63, 3.8) is 0 Å². The summed E-state index contributed by atoms with van der Waals surface area (Å²) in [6.45, 7) is 0. The highest BCUT2D eigenvalue weighted by Gasteiger charge is 1.91. The van der Waals surface area contributed by atoms with E-state index in [2.05, 4.69) is 16.0 Å². The molecule has 0 saturated carbocycles. The monoisotopic (exact) mass is 145 g/mol. The van der Waals surface area contributed by atoms with Crippen molar-refractivity contribution in [2.45, 2.75) is 0 Å². The SMILES string of the molecule is O=c1cnc2cc[c]cc2[nH]1. The fourth-order valence-electron chi connectivity index (χ4n) is 0.928. The molecule has 3 heteroatoms. The van der Waals surface area contributed by atoms with E-state index in [4.69, 9.17) is 0 Å². The number of aromatic nitrogens is 2. The molecule has 0 unspecified atom stereocenters. The van der Waals surface area contributed by atoms with Crippen molar-refractivity contribution in [2.24, 2.45) is 0 Å². The zero-order chi connectivity index (χ0) is 7.68. The van der Waals surface area contributed by atoms with Crippen LogP contribution in [0.25, 0.3) is 11.0 Å². The summed E-state index contributed by atoms with van der Waals surface area (Å²) >= 11 is 0. The number of rotatable bonds is 0. The second-order valence-corrected chi connectivity index (χ2v) is 2.19. The summed E-state index contributed by atoms with van der Waals surface area (Å²) in [5.74, 6) is 0. The molecule has 0 spiro atoms. The van der Waals surface area contributed by atoms with Crippen molar-refractivity contribution in [1.82, 2.24) is 9.97 Å². The third-order valence-corrected chi connectivity index (χ3v) is 1.42. The second kappa shape index (κ2) is 2.20. The lowest BCUT2D eigenvalue weighted by Gasteiger charge is -1.91. The summed E-state index contributed by atoms with van der Waals surface area (Å²) in [6.07, 6.45) is 1.27. The van der Waals surface area contributed by atoms with Gasteiger partial charge in [-0.05, 0) is 18.2 Å². The number of hydrogen-bond acceptors (Lipinski definition) is 2. The van der Waals surface area contributed by atoms with Gasteiger partial charge in [0, 0.05) is 0 Å². The second-order valence-electron chi connectivity index (χ2n) is 2.19. The highest BCUT2D eigenvalue weighted by Crippen LogP contribution is 2.02. The van der Waals surface area contributed by atoms with Gasteiger partial charge in [-0.1, -0.05) is 6.07 Å². The van der Waals surface area contributed by atoms with Gasteiger partial charge in [0.25, 0.3) is 5.56 Å². The van der Waals surface area contributed by atoms with E-state index in [0.717, 1.165) is 11.0 Å². The van der Waals surface area contributed by atoms with E-state index in [-0.39, 0.29) is 5.56 Å². The molecule has 0 aliphatic carbocycles. The minimum absolute atomic E-state index is 0.183. The van der Waals surface area contributed by atoms with Crippen LogP contribution in [-0.4, -0.2) is 9.97 Å². The minimum atomic E-state index is -0.183. The topological polar surface area (TPSA) is 45.8 Å². The molecule has 1 aromatic heterocycles. The Balaban J connectivity index is 2.94. The molecule has 1 radical (unpaired) electrons. The molecule has 53 valence electrons. The van der Waals surface area contributed by atoms with E-state index in [9.17, 15) is 4.79 Å². The van der Waals surface area contributed by atoms with E-state index in [1.54, 1.807) is 18.2 Å². The Morgan fingerprint density at radius 2 is 2.45 bits per heavy atom. The predicted octanol–water partition coefficient (Wildman–Crippen LogP) is 0.723. The molecule has 2 rings (SSSR count). The molecule has 0 saturated heterocycles. The Kier molecular flexibility index (Phi) is 1.22. The number of H-pyrrole nitrogens is 1. The Hall–Kier alpha value is -1.64. The van der Waals surface area contributed by atoms with Crippen LogP contribution < -0.4 is 5.56 Å². The van der Waals surface area contributed by atoms with Crippen molar-refractivity contribution in [3.8, 4) is 0 Å². The molecule has 0 atom stereocenters. The molecule has 3 nitrogen and oxygen atoms in total. The standard InChI is InChI=1S/C8H5N2O/c11-8-5-9-6-3-1-2-4-7(6)10-8/h1,3-5H,(H,10,11). The summed E-state index contributed by atoms with van der Waals surface area (Å²) in [5.41, 5.74) is 1.32. The van der Waals surface area contributed by atoms with E-state index in [0.29, 0.717) is 0 Å². The van der Waals surface area contributed by atoms with Crippen LogP contribution in [-0.2, 0) is 0 Å². The van der Waals surface area contributed by atoms with Crippen molar-refractivity contribution < 1.29 is 0 Å². The van der Waals surface area contributed by atoms with Crippen LogP contribution in [0.2, 0.25) is 0 Å². The van der Waals surface area contributed by atoms with E-state index >= 15 is 0 Å². The molecular formula is C8H5N2O. The zero-order valence-electron chi connectivity index (χ0n) is 5.66. The first kappa shape index (κ1) is 6.09. The van der Waals surface area contributed by atoms with E-state index in [1.807, 2.05) is 0 Å². The lowest BCUT2D eigenvalue weighted by molar-refractivity contribution is 1.22. The van der Waals surface area contributed by atoms with Gasteiger partial charge in [0.1, 0.15) is 0 Å². The number of fused-ring (bicyclic) bond motifs is 1. The lowest BCUT2D eigenvalue weighted by atomic mass is 10.3. The number of nitrogens with zero attached hydrogens (tertiary/aromatic N) is 1. The summed E-state index contributed by atoms with van der Waals surface area (Å²) < 4.78 is 0. The van der Waals surface area contributed by atoms with Crippen LogP contribution in [0, 0.1) is 6.07 Å². The third kappa shape index (κ3) is 1.00. The van der Waals surface area contributed by atoms with Crippen LogP contribution in [0.4, 0.5) is 0 Å². The summed E-state index contributed by atoms with van der Waals surface area (Å²) in [4.78, 5) is 17.3. The first-order valence-corrected chi connectivity index (χ1v) is 3.21. The molecule has 0 fully saturated rings. The summed E-state index contributed by atoms with van der Waals surface area (Å²) in [5, 5.41) is 0. The maximum absolute atomic E-state index is 10.8. The number of nitrogens with one attached hydrogen (secondary N) is 1. The van der Waals surface area contributed by atoms with Gasteiger partial charge in [-0.2, -0.15) is 0 Å². The fraction of sp³-hybridized carbons (Fsp3) is 0. The number of hydrogen-bond donors (Lipinski definition) is 1. The summed E-state index contributed by atoms with van der Waals surface area (Å²) in [6, 6.07) is 8.11. The molecule has 0 aliphatic heterocycles. The molecule has 0 amide bonds. The van der Waals surface area contributed by atoms with Gasteiger partial charge in [-0.25, -0.2) is 4.98 Å². The van der Waals surface area contributed by atoms with Crippen LogP contribution in [0.3, 0.4) is 0 Å². The van der Waals surface area contributed by atoms with Crippen molar-refractivity contribution in [1.29, 1.82) is 0 Å². The molecule has 11 heavy (non-hydrogen) atoms. The third-order valence-electron chi connectivity index (χ3n) is 1.42. The maximum Gasteiger partial charge on any atom is 0.266 e. The maximum atomic E-state index is 10.8. The van der Waals surface area contributed by atoms with Crippen LogP contribution in [0.1, 0.15) is 0 Å². The van der Waals surface area contributed by atoms with Gasteiger partial charge < -0.3 is 4.98 Å². The minimum Gasteiger partial charge on any atom is -0.319 e. The molecule has 0 aliphatic rings. The highest BCUT2D eigenvalue weighted by molar-refractivity contribution is 5.72. The van der Waals surface area contributed by atoms with Crippen LogP contribution >= 0.6 is 0 Å². The quantitative estimate of drug-likeness (QED) is 0.593. The first-order valence-electron chi connectivity index (χ1n) is 3.21. The molecule has 2 aromatic rings. The smallest absolute Gasteiger partial charge is 0.266 e. The average Bonchev–Trinajstić information content (AvgIpc) is 2.04. The number of benzene rings is 1. The Morgan fingerprint density at radius 3 is 3.36 bits per heavy atom. The molecular weight excluding hydrogens is 140 g/mol. The van der Waals surface area contributed by atoms with Gasteiger partial charge in [-0.15, -0.1) is 0 Å². The van der Waals surface area contributed by atoms with Gasteiger partial charge in [-0.3, -0.25) is 4.79 Å². The number of aromatic amines is 1. The van der Waals surface area contributed by atoms with Gasteiger partial charge >= 0.3 is 0 Å². The summed E-state index contributed by atoms with van der Waals surface area (Å²) in [7, 11) is 0. The van der Waals surface area contributed by atoms with E-state index in [1.165, 1.54) is 6.20 Å². The van der Waals surface area contributed by atoms with Crippen molar-refractivity contribution in [2.75, 3.05) is 0 Å². The van der Waals surface area contributed by atoms with Crippen molar-refractivity contribution >= 4 is 11.0 Å². The first-order chi connectivity index (χ1) is 5.36. The normalized spacial score (nSPS) is 10.2. The van der Waals surface area contributed by atoms with Gasteiger partial charge in [0.2, 0.25) is 0 Å². The predicted molar refractivity (Wildman–Crippen MR) is 41.2 cm³/mol. The Morgan fingerprint density at radius 1 is 1.55 bits per heavy atom. The molecule has 1 aromatic carbocycles. The lowest BCUT2D eigenvalue weighted by Crippen LogP contribution is -2.04. The largest absolute Gasteiger partial charge is 0.319 e. The zero-order valence-corrected chi connectivity index (χ0v) is 5.66. The fourth-order valence-corrected chi connectivity index (χ4v) is 0.928. The highest BCUT2D eigenvalue weighted by atomic mass is 16.1. The Labute approximate surface area is 62.7 Å². The van der Waals surface area contributed by atoms with Gasteiger partial charge in [0.15, 0.2) is 0 Å². The van der Waals surface area contributed by atoms with Crippen molar-refractivity contribution in [3.05, 3.63) is 40.8 Å². The Bertz CT molecular complexity index is 433. The molecule has 1 heterocycles. The average molecular weight is 145 g/mol.